The first-order valence-electron chi connectivity index (χ1n) is 7.63. The Bertz CT molecular complexity index is 555. The van der Waals surface area contributed by atoms with E-state index in [4.69, 9.17) is 14.9 Å². The predicted molar refractivity (Wildman–Crippen MR) is 86.2 cm³/mol. The lowest BCUT2D eigenvalue weighted by atomic mass is 9.70. The Hall–Kier alpha value is -0.180. The van der Waals surface area contributed by atoms with Crippen LogP contribution in [0.4, 0.5) is 0 Å². The normalized spacial score (nSPS) is 48.0. The molecule has 110 valence electrons. The minimum atomic E-state index is -1.60. The van der Waals surface area contributed by atoms with Crippen LogP contribution in [0.15, 0.2) is 29.2 Å². The SMILES string of the molecule is Cc1ccc(S2(Cl)C[C@]34CC[C@H](C[C@H]3O2)C4(C)C)cc1. The lowest BCUT2D eigenvalue weighted by Crippen LogP contribution is -2.37. The predicted octanol–water partition coefficient (Wildman–Crippen LogP) is 5.45. The van der Waals surface area contributed by atoms with Crippen molar-refractivity contribution in [3.05, 3.63) is 29.8 Å². The molecule has 20 heavy (non-hydrogen) atoms. The summed E-state index contributed by atoms with van der Waals surface area (Å²) in [7, 11) is 5.42. The zero-order valence-electron chi connectivity index (χ0n) is 12.5. The Morgan fingerprint density at radius 3 is 2.55 bits per heavy atom. The first-order chi connectivity index (χ1) is 9.37. The van der Waals surface area contributed by atoms with Crippen molar-refractivity contribution >= 4 is 20.2 Å². The number of rotatable bonds is 1. The van der Waals surface area contributed by atoms with Gasteiger partial charge in [-0.3, -0.25) is 0 Å². The van der Waals surface area contributed by atoms with Crippen LogP contribution in [0, 0.1) is 23.7 Å². The van der Waals surface area contributed by atoms with Gasteiger partial charge in [-0.25, -0.2) is 0 Å². The van der Waals surface area contributed by atoms with Crippen LogP contribution in [0.3, 0.4) is 0 Å². The molecule has 1 unspecified atom stereocenters. The van der Waals surface area contributed by atoms with Crippen LogP contribution in [0.25, 0.3) is 0 Å². The van der Waals surface area contributed by atoms with Crippen molar-refractivity contribution < 1.29 is 4.18 Å². The van der Waals surface area contributed by atoms with Gasteiger partial charge in [0.05, 0.1) is 6.10 Å². The molecule has 1 aromatic carbocycles. The molecule has 2 bridgehead atoms. The summed E-state index contributed by atoms with van der Waals surface area (Å²) < 4.78 is 6.51. The zero-order valence-corrected chi connectivity index (χ0v) is 14.1. The molecular weight excluding hydrogens is 288 g/mol. The summed E-state index contributed by atoms with van der Waals surface area (Å²) in [6.07, 6.45) is 4.29. The fourth-order valence-corrected chi connectivity index (χ4v) is 8.95. The van der Waals surface area contributed by atoms with Crippen LogP contribution < -0.4 is 0 Å². The van der Waals surface area contributed by atoms with E-state index in [1.807, 2.05) is 0 Å². The third kappa shape index (κ3) is 1.51. The fraction of sp³-hybridized carbons (Fsp3) is 0.647. The Balaban J connectivity index is 1.73. The minimum Gasteiger partial charge on any atom is -0.315 e. The Labute approximate surface area is 128 Å². The largest absolute Gasteiger partial charge is 0.315 e. The van der Waals surface area contributed by atoms with Crippen LogP contribution in [-0.2, 0) is 4.18 Å². The van der Waals surface area contributed by atoms with E-state index in [2.05, 4.69) is 45.0 Å². The highest BCUT2D eigenvalue weighted by molar-refractivity contribution is 8.48. The molecule has 4 rings (SSSR count). The average Bonchev–Trinajstić information content (AvgIpc) is 2.90. The van der Waals surface area contributed by atoms with Gasteiger partial charge in [0.2, 0.25) is 0 Å². The van der Waals surface area contributed by atoms with Crippen LogP contribution in [0.2, 0.25) is 0 Å². The van der Waals surface area contributed by atoms with Crippen molar-refractivity contribution in [3.63, 3.8) is 0 Å². The molecule has 1 aliphatic heterocycles. The number of hydrogen-bond acceptors (Lipinski definition) is 1. The van der Waals surface area contributed by atoms with Crippen molar-refractivity contribution in [2.45, 2.75) is 51.0 Å². The second-order valence-corrected chi connectivity index (χ2v) is 11.1. The summed E-state index contributed by atoms with van der Waals surface area (Å²) in [6, 6.07) is 8.66. The quantitative estimate of drug-likeness (QED) is 0.670. The molecule has 1 spiro atoms. The van der Waals surface area contributed by atoms with Gasteiger partial charge in [0.1, 0.15) is 0 Å². The van der Waals surface area contributed by atoms with E-state index in [0.29, 0.717) is 16.9 Å². The molecule has 3 heteroatoms. The standard InChI is InChI=1S/C17H23ClOS/c1-12-4-6-14(7-5-12)20(18)11-17-9-8-13(16(17,2)3)10-15(17)19-20/h4-7,13,15H,8-11H2,1-3H3/t13-,15-,17-/m1/s1. The molecule has 2 saturated carbocycles. The van der Waals surface area contributed by atoms with Crippen molar-refractivity contribution in [3.8, 4) is 0 Å². The number of fused-ring (bicyclic) bond motifs is 1. The van der Waals surface area contributed by atoms with E-state index in [-0.39, 0.29) is 0 Å². The van der Waals surface area contributed by atoms with Gasteiger partial charge in [0, 0.05) is 16.1 Å². The summed E-state index contributed by atoms with van der Waals surface area (Å²) in [5.41, 5.74) is 2.01. The molecular formula is C17H23ClOS. The summed E-state index contributed by atoms with van der Waals surface area (Å²) in [6.45, 7) is 7.02. The van der Waals surface area contributed by atoms with Crippen LogP contribution in [0.5, 0.6) is 0 Å². The maximum absolute atomic E-state index is 7.03. The molecule has 1 nitrogen and oxygen atoms in total. The average molecular weight is 311 g/mol. The fourth-order valence-electron chi connectivity index (χ4n) is 4.91. The van der Waals surface area contributed by atoms with E-state index >= 15 is 0 Å². The lowest BCUT2D eigenvalue weighted by molar-refractivity contribution is 0.0735. The highest BCUT2D eigenvalue weighted by atomic mass is 35.7. The maximum atomic E-state index is 7.03. The van der Waals surface area contributed by atoms with E-state index in [9.17, 15) is 0 Å². The van der Waals surface area contributed by atoms with Gasteiger partial charge >= 0.3 is 0 Å². The van der Waals surface area contributed by atoms with Gasteiger partial charge in [-0.15, -0.1) is 0 Å². The smallest absolute Gasteiger partial charge is 0.0792 e. The highest BCUT2D eigenvalue weighted by Crippen LogP contribution is 2.81. The molecule has 0 radical (unpaired) electrons. The molecule has 3 fully saturated rings. The number of hydrogen-bond donors (Lipinski definition) is 0. The van der Waals surface area contributed by atoms with Gasteiger partial charge in [0.15, 0.2) is 0 Å². The van der Waals surface area contributed by atoms with Crippen LogP contribution in [0.1, 0.15) is 38.7 Å². The molecule has 3 aliphatic rings. The summed E-state index contributed by atoms with van der Waals surface area (Å²) in [5, 5.41) is 0. The van der Waals surface area contributed by atoms with Crippen molar-refractivity contribution in [2.24, 2.45) is 16.7 Å². The Kier molecular flexibility index (Phi) is 2.67. The van der Waals surface area contributed by atoms with Crippen LogP contribution >= 0.6 is 20.2 Å². The molecule has 0 N–H and O–H groups in total. The molecule has 1 saturated heterocycles. The van der Waals surface area contributed by atoms with E-state index in [0.717, 1.165) is 11.7 Å². The van der Waals surface area contributed by atoms with Gasteiger partial charge in [0.25, 0.3) is 0 Å². The molecule has 1 heterocycles. The maximum Gasteiger partial charge on any atom is 0.0792 e. The summed E-state index contributed by atoms with van der Waals surface area (Å²) in [5.74, 6) is 1.89. The third-order valence-corrected chi connectivity index (χ3v) is 9.92. The Morgan fingerprint density at radius 1 is 1.25 bits per heavy atom. The third-order valence-electron chi connectivity index (χ3n) is 6.44. The monoisotopic (exact) mass is 310 g/mol. The first-order valence-corrected chi connectivity index (χ1v) is 10.2. The minimum absolute atomic E-state index is 0.333. The van der Waals surface area contributed by atoms with E-state index in [1.165, 1.54) is 29.7 Å². The molecule has 4 atom stereocenters. The van der Waals surface area contributed by atoms with Crippen molar-refractivity contribution in [1.82, 2.24) is 0 Å². The zero-order chi connectivity index (χ0) is 14.2. The topological polar surface area (TPSA) is 9.23 Å². The second-order valence-electron chi connectivity index (χ2n) is 7.49. The number of benzene rings is 1. The molecule has 2 aliphatic carbocycles. The van der Waals surface area contributed by atoms with Gasteiger partial charge in [-0.05, 0) is 69.9 Å². The second kappa shape index (κ2) is 3.97. The lowest BCUT2D eigenvalue weighted by Gasteiger charge is -2.37. The molecule has 0 aromatic heterocycles. The van der Waals surface area contributed by atoms with Gasteiger partial charge in [-0.2, -0.15) is 0 Å². The van der Waals surface area contributed by atoms with Gasteiger partial charge in [-0.1, -0.05) is 31.5 Å². The molecule has 0 amide bonds. The van der Waals surface area contributed by atoms with Gasteiger partial charge < -0.3 is 4.18 Å². The van der Waals surface area contributed by atoms with Crippen molar-refractivity contribution in [2.75, 3.05) is 5.75 Å². The highest BCUT2D eigenvalue weighted by Gasteiger charge is 2.70. The number of halogens is 1. The first kappa shape index (κ1) is 13.5. The van der Waals surface area contributed by atoms with E-state index < -0.39 is 9.52 Å². The summed E-state index contributed by atoms with van der Waals surface area (Å²) in [4.78, 5) is 1.22. The Morgan fingerprint density at radius 2 is 1.95 bits per heavy atom. The summed E-state index contributed by atoms with van der Waals surface area (Å²) >= 11 is 0. The number of aryl methyl sites for hydroxylation is 1. The molecule has 1 aromatic rings. The van der Waals surface area contributed by atoms with Crippen LogP contribution in [-0.4, -0.2) is 11.9 Å². The van der Waals surface area contributed by atoms with Crippen molar-refractivity contribution in [1.29, 1.82) is 0 Å². The van der Waals surface area contributed by atoms with E-state index in [1.54, 1.807) is 0 Å².